The predicted octanol–water partition coefficient (Wildman–Crippen LogP) is 2.59. The minimum absolute atomic E-state index is 0.151. The molecule has 156 valence electrons. The van der Waals surface area contributed by atoms with Crippen molar-refractivity contribution in [3.8, 4) is 5.75 Å². The molecule has 0 saturated carbocycles. The van der Waals surface area contributed by atoms with Gasteiger partial charge in [0.05, 0.1) is 17.9 Å². The van der Waals surface area contributed by atoms with Crippen LogP contribution in [-0.4, -0.2) is 45.4 Å². The van der Waals surface area contributed by atoms with Gasteiger partial charge in [0.2, 0.25) is 15.9 Å². The van der Waals surface area contributed by atoms with Crippen LogP contribution in [-0.2, 0) is 21.2 Å². The molecular weight excluding hydrogens is 395 g/mol. The molecule has 1 aliphatic heterocycles. The zero-order valence-corrected chi connectivity index (χ0v) is 17.1. The van der Waals surface area contributed by atoms with Crippen LogP contribution in [0.25, 0.3) is 0 Å². The summed E-state index contributed by atoms with van der Waals surface area (Å²) in [6, 6.07) is 12.4. The number of halogens is 1. The van der Waals surface area contributed by atoms with Gasteiger partial charge in [0.15, 0.2) is 0 Å². The van der Waals surface area contributed by atoms with Gasteiger partial charge in [-0.15, -0.1) is 0 Å². The largest absolute Gasteiger partial charge is 0.497 e. The van der Waals surface area contributed by atoms with Crippen LogP contribution in [0.4, 0.5) is 4.39 Å². The predicted molar refractivity (Wildman–Crippen MR) is 108 cm³/mol. The van der Waals surface area contributed by atoms with E-state index >= 15 is 0 Å². The van der Waals surface area contributed by atoms with Crippen LogP contribution in [0.1, 0.15) is 18.4 Å². The molecule has 0 aromatic heterocycles. The Bertz CT molecular complexity index is 930. The average Bonchev–Trinajstić information content (AvgIpc) is 2.75. The lowest BCUT2D eigenvalue weighted by atomic mass is 9.99. The summed E-state index contributed by atoms with van der Waals surface area (Å²) in [5.41, 5.74) is 0.930. The number of rotatable bonds is 7. The molecule has 1 saturated heterocycles. The molecule has 1 N–H and O–H groups in total. The summed E-state index contributed by atoms with van der Waals surface area (Å²) in [4.78, 5) is 12.7. The van der Waals surface area contributed by atoms with E-state index < -0.39 is 10.0 Å². The smallest absolute Gasteiger partial charge is 0.243 e. The standard InChI is InChI=1S/C21H25FN2O4S/c1-28-19-8-10-20(11-9-19)29(26,27)24-14-2-3-17(15-24)21(25)23-13-12-16-4-6-18(22)7-5-16/h4-11,17H,2-3,12-15H2,1H3,(H,23,25)/t17-/m0/s1. The fourth-order valence-corrected chi connectivity index (χ4v) is 4.92. The Kier molecular flexibility index (Phi) is 6.87. The van der Waals surface area contributed by atoms with Crippen molar-refractivity contribution < 1.29 is 22.3 Å². The Hall–Kier alpha value is -2.45. The summed E-state index contributed by atoms with van der Waals surface area (Å²) < 4.78 is 45.2. The first-order chi connectivity index (χ1) is 13.9. The van der Waals surface area contributed by atoms with Crippen molar-refractivity contribution in [2.24, 2.45) is 5.92 Å². The lowest BCUT2D eigenvalue weighted by molar-refractivity contribution is -0.126. The van der Waals surface area contributed by atoms with E-state index in [1.54, 1.807) is 24.3 Å². The third kappa shape index (κ3) is 5.33. The van der Waals surface area contributed by atoms with Crippen LogP contribution < -0.4 is 10.1 Å². The molecule has 29 heavy (non-hydrogen) atoms. The molecule has 2 aromatic rings. The van der Waals surface area contributed by atoms with Crippen LogP contribution in [0.5, 0.6) is 5.75 Å². The topological polar surface area (TPSA) is 75.7 Å². The number of carbonyl (C=O) groups excluding carboxylic acids is 1. The van der Waals surface area contributed by atoms with E-state index in [1.165, 1.54) is 35.7 Å². The Morgan fingerprint density at radius 1 is 1.17 bits per heavy atom. The van der Waals surface area contributed by atoms with Gasteiger partial charge in [0.25, 0.3) is 0 Å². The summed E-state index contributed by atoms with van der Waals surface area (Å²) in [7, 11) is -2.14. The Morgan fingerprint density at radius 3 is 2.52 bits per heavy atom. The number of amides is 1. The quantitative estimate of drug-likeness (QED) is 0.747. The van der Waals surface area contributed by atoms with Crippen molar-refractivity contribution >= 4 is 15.9 Å². The van der Waals surface area contributed by atoms with Crippen LogP contribution in [0.2, 0.25) is 0 Å². The number of nitrogens with one attached hydrogen (secondary N) is 1. The number of carbonyl (C=O) groups is 1. The molecular formula is C21H25FN2O4S. The van der Waals surface area contributed by atoms with E-state index in [0.717, 1.165) is 5.56 Å². The zero-order chi connectivity index (χ0) is 20.9. The number of sulfonamides is 1. The maximum absolute atomic E-state index is 12.9. The second-order valence-corrected chi connectivity index (χ2v) is 8.98. The first-order valence-electron chi connectivity index (χ1n) is 9.56. The first kappa shape index (κ1) is 21.3. The van der Waals surface area contributed by atoms with Gasteiger partial charge >= 0.3 is 0 Å². The highest BCUT2D eigenvalue weighted by Gasteiger charge is 2.33. The SMILES string of the molecule is COc1ccc(S(=O)(=O)N2CCC[C@H](C(=O)NCCc3ccc(F)cc3)C2)cc1. The highest BCUT2D eigenvalue weighted by atomic mass is 32.2. The van der Waals surface area contributed by atoms with Gasteiger partial charge in [-0.2, -0.15) is 4.31 Å². The van der Waals surface area contributed by atoms with Gasteiger partial charge in [0, 0.05) is 19.6 Å². The molecule has 1 amide bonds. The zero-order valence-electron chi connectivity index (χ0n) is 16.3. The van der Waals surface area contributed by atoms with E-state index in [4.69, 9.17) is 4.74 Å². The van der Waals surface area contributed by atoms with E-state index in [9.17, 15) is 17.6 Å². The lowest BCUT2D eigenvalue weighted by Crippen LogP contribution is -2.45. The Balaban J connectivity index is 1.57. The van der Waals surface area contributed by atoms with Crippen molar-refractivity contribution in [2.75, 3.05) is 26.7 Å². The third-order valence-corrected chi connectivity index (χ3v) is 6.96. The minimum Gasteiger partial charge on any atom is -0.497 e. The molecule has 1 fully saturated rings. The summed E-state index contributed by atoms with van der Waals surface area (Å²) in [5.74, 6) is -0.245. The first-order valence-corrected chi connectivity index (χ1v) is 11.0. The molecule has 0 aliphatic carbocycles. The molecule has 0 bridgehead atoms. The summed E-state index contributed by atoms with van der Waals surface area (Å²) in [5, 5.41) is 2.87. The molecule has 1 aliphatic rings. The van der Waals surface area contributed by atoms with Crippen molar-refractivity contribution in [2.45, 2.75) is 24.2 Å². The molecule has 0 radical (unpaired) electrons. The molecule has 0 unspecified atom stereocenters. The number of nitrogens with zero attached hydrogens (tertiary/aromatic N) is 1. The minimum atomic E-state index is -3.66. The van der Waals surface area contributed by atoms with Crippen molar-refractivity contribution in [3.63, 3.8) is 0 Å². The fraction of sp³-hybridized carbons (Fsp3) is 0.381. The Labute approximate surface area is 170 Å². The normalized spacial score (nSPS) is 17.7. The number of hydrogen-bond donors (Lipinski definition) is 1. The van der Waals surface area contributed by atoms with Crippen molar-refractivity contribution in [1.82, 2.24) is 9.62 Å². The molecule has 3 rings (SSSR count). The van der Waals surface area contributed by atoms with Gasteiger partial charge < -0.3 is 10.1 Å². The fourth-order valence-electron chi connectivity index (χ4n) is 3.40. The van der Waals surface area contributed by atoms with Gasteiger partial charge in [-0.25, -0.2) is 12.8 Å². The number of hydrogen-bond acceptors (Lipinski definition) is 4. The van der Waals surface area contributed by atoms with Gasteiger partial charge in [-0.3, -0.25) is 4.79 Å². The van der Waals surface area contributed by atoms with E-state index in [-0.39, 0.29) is 29.1 Å². The lowest BCUT2D eigenvalue weighted by Gasteiger charge is -2.31. The number of benzene rings is 2. The monoisotopic (exact) mass is 420 g/mol. The number of methoxy groups -OCH3 is 1. The van der Waals surface area contributed by atoms with Crippen LogP contribution >= 0.6 is 0 Å². The average molecular weight is 421 g/mol. The Morgan fingerprint density at radius 2 is 1.86 bits per heavy atom. The van der Waals surface area contributed by atoms with Crippen molar-refractivity contribution in [1.29, 1.82) is 0 Å². The second kappa shape index (κ2) is 9.37. The van der Waals surface area contributed by atoms with Crippen molar-refractivity contribution in [3.05, 3.63) is 59.9 Å². The molecule has 0 spiro atoms. The second-order valence-electron chi connectivity index (χ2n) is 7.05. The number of piperidine rings is 1. The highest BCUT2D eigenvalue weighted by molar-refractivity contribution is 7.89. The molecule has 1 atom stereocenters. The summed E-state index contributed by atoms with van der Waals surface area (Å²) in [6.07, 6.45) is 1.87. The van der Waals surface area contributed by atoms with Crippen LogP contribution in [0.15, 0.2) is 53.4 Å². The van der Waals surface area contributed by atoms with E-state index in [2.05, 4.69) is 5.32 Å². The van der Waals surface area contributed by atoms with E-state index in [1.807, 2.05) is 0 Å². The molecule has 8 heteroatoms. The molecule has 2 aromatic carbocycles. The van der Waals surface area contributed by atoms with Gasteiger partial charge in [-0.05, 0) is 61.2 Å². The van der Waals surface area contributed by atoms with Crippen LogP contribution in [0.3, 0.4) is 0 Å². The summed E-state index contributed by atoms with van der Waals surface area (Å²) >= 11 is 0. The van der Waals surface area contributed by atoms with Gasteiger partial charge in [-0.1, -0.05) is 12.1 Å². The van der Waals surface area contributed by atoms with E-state index in [0.29, 0.717) is 38.1 Å². The third-order valence-electron chi connectivity index (χ3n) is 5.08. The van der Waals surface area contributed by atoms with Gasteiger partial charge in [0.1, 0.15) is 11.6 Å². The number of ether oxygens (including phenoxy) is 1. The molecule has 6 nitrogen and oxygen atoms in total. The summed E-state index contributed by atoms with van der Waals surface area (Å²) in [6.45, 7) is 0.983. The van der Waals surface area contributed by atoms with Crippen LogP contribution in [0, 0.1) is 11.7 Å². The highest BCUT2D eigenvalue weighted by Crippen LogP contribution is 2.25. The molecule has 1 heterocycles. The maximum atomic E-state index is 12.9. The maximum Gasteiger partial charge on any atom is 0.243 e.